The summed E-state index contributed by atoms with van der Waals surface area (Å²) in [5.41, 5.74) is 0.917. The van der Waals surface area contributed by atoms with Crippen molar-refractivity contribution in [2.24, 2.45) is 0 Å². The van der Waals surface area contributed by atoms with E-state index in [9.17, 15) is 19.1 Å². The van der Waals surface area contributed by atoms with Gasteiger partial charge < -0.3 is 9.84 Å². The number of hydrogen-bond acceptors (Lipinski definition) is 8. The molecule has 1 aliphatic heterocycles. The Kier molecular flexibility index (Phi) is 8.75. The number of aromatic nitrogens is 2. The Morgan fingerprint density at radius 2 is 1.76 bits per heavy atom. The number of amides is 1. The Balaban J connectivity index is 1.49. The van der Waals surface area contributed by atoms with E-state index in [1.54, 1.807) is 42.5 Å². The summed E-state index contributed by atoms with van der Waals surface area (Å²) in [7, 11) is 0. The van der Waals surface area contributed by atoms with E-state index in [-0.39, 0.29) is 27.6 Å². The lowest BCUT2D eigenvalue weighted by atomic mass is 9.95. The molecule has 1 atom stereocenters. The largest absolute Gasteiger partial charge is 0.507 e. The van der Waals surface area contributed by atoms with Crippen LogP contribution in [0, 0.1) is 11.6 Å². The molecule has 0 saturated carbocycles. The quantitative estimate of drug-likeness (QED) is 0.0533. The first-order chi connectivity index (χ1) is 19.9. The summed E-state index contributed by atoms with van der Waals surface area (Å²) in [6, 6.07) is 17.0. The van der Waals surface area contributed by atoms with Crippen LogP contribution in [0.4, 0.5) is 13.9 Å². The predicted octanol–water partition coefficient (Wildman–Crippen LogP) is 6.91. The Bertz CT molecular complexity index is 1590. The van der Waals surface area contributed by atoms with Crippen LogP contribution in [0.15, 0.2) is 82.7 Å². The van der Waals surface area contributed by atoms with Crippen LogP contribution in [0.5, 0.6) is 5.75 Å². The van der Waals surface area contributed by atoms with Crippen molar-refractivity contribution >= 4 is 45.7 Å². The third-order valence-corrected chi connectivity index (χ3v) is 8.54. The maximum Gasteiger partial charge on any atom is 0.301 e. The normalized spacial score (nSPS) is 16.4. The van der Waals surface area contributed by atoms with E-state index >= 15 is 4.39 Å². The van der Waals surface area contributed by atoms with Crippen molar-refractivity contribution in [2.45, 2.75) is 35.9 Å². The molecule has 4 aromatic rings. The number of carbonyl (C=O) groups excluding carboxylic acids is 2. The first-order valence-electron chi connectivity index (χ1n) is 12.9. The first-order valence-corrected chi connectivity index (χ1v) is 14.7. The molecule has 210 valence electrons. The van der Waals surface area contributed by atoms with Crippen molar-refractivity contribution in [1.29, 1.82) is 0 Å². The fourth-order valence-corrected chi connectivity index (χ4v) is 6.13. The van der Waals surface area contributed by atoms with Gasteiger partial charge in [-0.25, -0.2) is 8.78 Å². The number of halogens is 2. The van der Waals surface area contributed by atoms with Crippen molar-refractivity contribution in [3.63, 3.8) is 0 Å². The standard InChI is InChI=1S/C30H25F2N3O4S2/c1-2-3-16-39-21-14-10-19(11-15-21)26(36)24-25(22-6-4-5-7-23(22)32)35(28(38)27(24)37)29-33-34-30(41-29)40-17-18-8-12-20(31)13-9-18/h4-15,25,36H,2-3,16-17H2,1H3/t25-/m0/s1. The number of carbonyl (C=O) groups is 2. The lowest BCUT2D eigenvalue weighted by Crippen LogP contribution is -2.29. The second-order valence-corrected chi connectivity index (χ2v) is 11.4. The number of ketones is 1. The molecule has 0 radical (unpaired) electrons. The van der Waals surface area contributed by atoms with Gasteiger partial charge >= 0.3 is 5.91 Å². The molecule has 1 aliphatic rings. The molecule has 0 bridgehead atoms. The summed E-state index contributed by atoms with van der Waals surface area (Å²) < 4.78 is 34.5. The van der Waals surface area contributed by atoms with Crippen LogP contribution in [-0.2, 0) is 15.3 Å². The van der Waals surface area contributed by atoms with Gasteiger partial charge in [-0.05, 0) is 54.4 Å². The molecule has 11 heteroatoms. The summed E-state index contributed by atoms with van der Waals surface area (Å²) in [6.45, 7) is 2.60. The zero-order valence-electron chi connectivity index (χ0n) is 21.9. The molecule has 2 heterocycles. The molecule has 1 fully saturated rings. The lowest BCUT2D eigenvalue weighted by Gasteiger charge is -2.22. The maximum atomic E-state index is 15.1. The number of nitrogens with zero attached hydrogens (tertiary/aromatic N) is 3. The Morgan fingerprint density at radius 1 is 1.02 bits per heavy atom. The minimum absolute atomic E-state index is 0.0310. The van der Waals surface area contributed by atoms with Crippen LogP contribution in [0.25, 0.3) is 5.76 Å². The molecule has 5 rings (SSSR count). The Morgan fingerprint density at radius 3 is 2.46 bits per heavy atom. The highest BCUT2D eigenvalue weighted by Gasteiger charge is 2.49. The van der Waals surface area contributed by atoms with E-state index < -0.39 is 29.3 Å². The molecule has 7 nitrogen and oxygen atoms in total. The molecule has 0 unspecified atom stereocenters. The Hall–Kier alpha value is -4.09. The number of aliphatic hydroxyl groups excluding tert-OH is 1. The molecule has 41 heavy (non-hydrogen) atoms. The predicted molar refractivity (Wildman–Crippen MR) is 154 cm³/mol. The van der Waals surface area contributed by atoms with Gasteiger partial charge in [0.2, 0.25) is 5.13 Å². The van der Waals surface area contributed by atoms with Gasteiger partial charge in [-0.3, -0.25) is 14.5 Å². The van der Waals surface area contributed by atoms with Crippen LogP contribution in [-0.4, -0.2) is 33.6 Å². The van der Waals surface area contributed by atoms with Gasteiger partial charge in [0.05, 0.1) is 12.2 Å². The molecule has 1 aromatic heterocycles. The van der Waals surface area contributed by atoms with Crippen molar-refractivity contribution < 1.29 is 28.2 Å². The van der Waals surface area contributed by atoms with Crippen LogP contribution in [0.1, 0.15) is 42.5 Å². The Labute approximate surface area is 243 Å². The molecule has 3 aromatic carbocycles. The SMILES string of the molecule is CCCCOc1ccc(C(O)=C2C(=O)C(=O)N(c3nnc(SCc4ccc(F)cc4)s3)[C@H]2c2ccccc2F)cc1. The van der Waals surface area contributed by atoms with Gasteiger partial charge in [-0.2, -0.15) is 0 Å². The summed E-state index contributed by atoms with van der Waals surface area (Å²) in [4.78, 5) is 27.8. The van der Waals surface area contributed by atoms with E-state index in [0.29, 0.717) is 22.4 Å². The summed E-state index contributed by atoms with van der Waals surface area (Å²) in [5, 5.41) is 19.6. The average Bonchev–Trinajstić information content (AvgIpc) is 3.55. The van der Waals surface area contributed by atoms with Gasteiger partial charge in [-0.1, -0.05) is 66.8 Å². The second kappa shape index (κ2) is 12.6. The minimum atomic E-state index is -1.26. The van der Waals surface area contributed by atoms with E-state index in [1.165, 1.54) is 42.1 Å². The number of hydrogen-bond donors (Lipinski definition) is 1. The number of ether oxygens (including phenoxy) is 1. The fraction of sp³-hybridized carbons (Fsp3) is 0.200. The fourth-order valence-electron chi connectivity index (χ4n) is 4.30. The number of rotatable bonds is 10. The number of aliphatic hydroxyl groups is 1. The molecular weight excluding hydrogens is 568 g/mol. The number of unbranched alkanes of at least 4 members (excludes halogenated alkanes) is 1. The molecule has 1 amide bonds. The number of thioether (sulfide) groups is 1. The zero-order valence-corrected chi connectivity index (χ0v) is 23.6. The molecular formula is C30H25F2N3O4S2. The van der Waals surface area contributed by atoms with E-state index in [1.807, 2.05) is 0 Å². The van der Waals surface area contributed by atoms with Crippen molar-refractivity contribution in [2.75, 3.05) is 11.5 Å². The first kappa shape index (κ1) is 28.4. The van der Waals surface area contributed by atoms with Gasteiger partial charge in [-0.15, -0.1) is 10.2 Å². The maximum absolute atomic E-state index is 15.1. The molecule has 1 saturated heterocycles. The highest BCUT2D eigenvalue weighted by Crippen LogP contribution is 2.44. The smallest absolute Gasteiger partial charge is 0.301 e. The number of benzene rings is 3. The summed E-state index contributed by atoms with van der Waals surface area (Å²) >= 11 is 2.39. The van der Waals surface area contributed by atoms with Crippen LogP contribution >= 0.6 is 23.1 Å². The monoisotopic (exact) mass is 593 g/mol. The van der Waals surface area contributed by atoms with Gasteiger partial charge in [0.25, 0.3) is 5.78 Å². The second-order valence-electron chi connectivity index (χ2n) is 9.18. The molecule has 1 N–H and O–H groups in total. The average molecular weight is 594 g/mol. The van der Waals surface area contributed by atoms with Gasteiger partial charge in [0, 0.05) is 16.9 Å². The highest BCUT2D eigenvalue weighted by atomic mass is 32.2. The number of Topliss-reactive ketones (excluding diaryl/α,β-unsaturated/α-hetero) is 1. The van der Waals surface area contributed by atoms with Crippen LogP contribution < -0.4 is 9.64 Å². The summed E-state index contributed by atoms with van der Waals surface area (Å²) in [5.74, 6) is -2.26. The zero-order chi connectivity index (χ0) is 28.9. The van der Waals surface area contributed by atoms with Crippen molar-refractivity contribution in [3.8, 4) is 5.75 Å². The number of anilines is 1. The molecule has 0 spiro atoms. The van der Waals surface area contributed by atoms with Crippen molar-refractivity contribution in [3.05, 3.63) is 107 Å². The third-order valence-electron chi connectivity index (χ3n) is 6.42. The van der Waals surface area contributed by atoms with Crippen molar-refractivity contribution in [1.82, 2.24) is 10.2 Å². The summed E-state index contributed by atoms with van der Waals surface area (Å²) in [6.07, 6.45) is 1.88. The molecule has 0 aliphatic carbocycles. The van der Waals surface area contributed by atoms with Gasteiger partial charge in [0.1, 0.15) is 29.2 Å². The highest BCUT2D eigenvalue weighted by molar-refractivity contribution is 8.00. The topological polar surface area (TPSA) is 92.6 Å². The van der Waals surface area contributed by atoms with Crippen LogP contribution in [0.2, 0.25) is 0 Å². The van der Waals surface area contributed by atoms with E-state index in [0.717, 1.165) is 34.6 Å². The van der Waals surface area contributed by atoms with E-state index in [4.69, 9.17) is 4.74 Å². The minimum Gasteiger partial charge on any atom is -0.507 e. The van der Waals surface area contributed by atoms with E-state index in [2.05, 4.69) is 17.1 Å². The van der Waals surface area contributed by atoms with Gasteiger partial charge in [0.15, 0.2) is 4.34 Å². The lowest BCUT2D eigenvalue weighted by molar-refractivity contribution is -0.132. The third kappa shape index (κ3) is 6.15. The van der Waals surface area contributed by atoms with Crippen LogP contribution in [0.3, 0.4) is 0 Å².